The molecule has 3 nitrogen and oxygen atoms in total. The Kier molecular flexibility index (Phi) is 1.36. The Morgan fingerprint density at radius 3 is 2.67 bits per heavy atom. The number of hydrogen-bond acceptors (Lipinski definition) is 3. The predicted octanol–water partition coefficient (Wildman–Crippen LogP) is 1.73. The van der Waals surface area contributed by atoms with Gasteiger partial charge in [0.2, 0.25) is 0 Å². The van der Waals surface area contributed by atoms with Gasteiger partial charge in [-0.25, -0.2) is 0 Å². The van der Waals surface area contributed by atoms with Crippen LogP contribution in [0.25, 0.3) is 0 Å². The van der Waals surface area contributed by atoms with Gasteiger partial charge in [-0.1, -0.05) is 20.8 Å². The molecule has 3 aliphatic rings. The fourth-order valence-corrected chi connectivity index (χ4v) is 4.46. The largest absolute Gasteiger partial charge is 0.460 e. The van der Waals surface area contributed by atoms with Gasteiger partial charge in [-0.3, -0.25) is 4.79 Å². The number of ether oxygens (including phenoxy) is 1. The second-order valence-corrected chi connectivity index (χ2v) is 5.82. The van der Waals surface area contributed by atoms with Crippen LogP contribution in [0.3, 0.4) is 0 Å². The zero-order chi connectivity index (χ0) is 11.0. The van der Waals surface area contributed by atoms with Gasteiger partial charge in [0, 0.05) is 5.92 Å². The normalized spacial score (nSPS) is 54.1. The molecule has 80 valence electrons. The molecule has 0 amide bonds. The molecule has 0 N–H and O–H groups in total. The molecule has 15 heavy (non-hydrogen) atoms. The van der Waals surface area contributed by atoms with Crippen molar-refractivity contribution in [3.63, 3.8) is 0 Å². The minimum atomic E-state index is -0.852. The second kappa shape index (κ2) is 2.21. The van der Waals surface area contributed by atoms with E-state index in [4.69, 9.17) is 4.74 Å². The number of fused-ring (bicyclic) bond motifs is 1. The smallest absolute Gasteiger partial charge is 0.327 e. The molecule has 1 saturated heterocycles. The third-order valence-electron chi connectivity index (χ3n) is 5.30. The van der Waals surface area contributed by atoms with Crippen molar-refractivity contribution in [3.8, 4) is 6.07 Å². The third kappa shape index (κ3) is 0.649. The summed E-state index contributed by atoms with van der Waals surface area (Å²) in [5.74, 6) is 0.748. The van der Waals surface area contributed by atoms with Gasteiger partial charge in [-0.15, -0.1) is 0 Å². The number of carbonyl (C=O) groups is 1. The first-order chi connectivity index (χ1) is 6.96. The third-order valence-corrected chi connectivity index (χ3v) is 5.30. The number of nitrogens with zero attached hydrogens (tertiary/aromatic N) is 1. The topological polar surface area (TPSA) is 50.1 Å². The van der Waals surface area contributed by atoms with Crippen molar-refractivity contribution in [2.45, 2.75) is 33.3 Å². The van der Waals surface area contributed by atoms with Crippen LogP contribution in [-0.4, -0.2) is 12.1 Å². The molecule has 3 fully saturated rings. The predicted molar refractivity (Wildman–Crippen MR) is 52.5 cm³/mol. The number of hydrogen-bond donors (Lipinski definition) is 0. The first-order valence-electron chi connectivity index (χ1n) is 5.59. The summed E-state index contributed by atoms with van der Waals surface area (Å²) in [4.78, 5) is 12.0. The maximum Gasteiger partial charge on any atom is 0.327 e. The average Bonchev–Trinajstić information content (AvgIpc) is 2.68. The van der Waals surface area contributed by atoms with Crippen molar-refractivity contribution in [3.05, 3.63) is 0 Å². The lowest BCUT2D eigenvalue weighted by atomic mass is 9.57. The van der Waals surface area contributed by atoms with Crippen molar-refractivity contribution in [2.24, 2.45) is 28.6 Å². The zero-order valence-corrected chi connectivity index (χ0v) is 9.28. The van der Waals surface area contributed by atoms with Crippen molar-refractivity contribution in [1.29, 1.82) is 5.26 Å². The summed E-state index contributed by atoms with van der Waals surface area (Å²) in [6, 6.07) is 2.29. The van der Waals surface area contributed by atoms with Crippen molar-refractivity contribution < 1.29 is 9.53 Å². The van der Waals surface area contributed by atoms with Crippen LogP contribution >= 0.6 is 0 Å². The molecule has 1 aliphatic heterocycles. The maximum absolute atomic E-state index is 12.0. The van der Waals surface area contributed by atoms with Gasteiger partial charge < -0.3 is 4.74 Å². The highest BCUT2D eigenvalue weighted by atomic mass is 16.6. The molecule has 3 heteroatoms. The SMILES string of the molecule is CC1C2OC(=O)C3(C#N)C2CC1C3(C)C. The summed E-state index contributed by atoms with van der Waals surface area (Å²) in [5.41, 5.74) is -1.08. The van der Waals surface area contributed by atoms with Gasteiger partial charge >= 0.3 is 5.97 Å². The van der Waals surface area contributed by atoms with E-state index in [0.717, 1.165) is 6.42 Å². The van der Waals surface area contributed by atoms with Gasteiger partial charge in [0.25, 0.3) is 0 Å². The molecular weight excluding hydrogens is 190 g/mol. The highest BCUT2D eigenvalue weighted by Gasteiger charge is 2.78. The van der Waals surface area contributed by atoms with Crippen LogP contribution < -0.4 is 0 Å². The Labute approximate surface area is 89.4 Å². The molecule has 0 aromatic heterocycles. The van der Waals surface area contributed by atoms with E-state index in [1.807, 2.05) is 0 Å². The van der Waals surface area contributed by atoms with Gasteiger partial charge in [-0.2, -0.15) is 5.26 Å². The first-order valence-corrected chi connectivity index (χ1v) is 5.59. The van der Waals surface area contributed by atoms with E-state index in [1.165, 1.54) is 0 Å². The minimum Gasteiger partial charge on any atom is -0.460 e. The summed E-state index contributed by atoms with van der Waals surface area (Å²) in [5, 5.41) is 9.41. The number of carbonyl (C=O) groups excluding carboxylic acids is 1. The summed E-state index contributed by atoms with van der Waals surface area (Å²) in [6.07, 6.45) is 0.994. The van der Waals surface area contributed by atoms with Crippen LogP contribution in [0.1, 0.15) is 27.2 Å². The molecule has 0 aromatic carbocycles. The molecular formula is C12H15NO2. The van der Waals surface area contributed by atoms with Crippen molar-refractivity contribution in [1.82, 2.24) is 0 Å². The van der Waals surface area contributed by atoms with Crippen LogP contribution in [0, 0.1) is 39.9 Å². The average molecular weight is 205 g/mol. The van der Waals surface area contributed by atoms with E-state index in [-0.39, 0.29) is 23.4 Å². The van der Waals surface area contributed by atoms with Crippen molar-refractivity contribution in [2.75, 3.05) is 0 Å². The fraction of sp³-hybridized carbons (Fsp3) is 0.833. The molecule has 2 aliphatic carbocycles. The molecule has 5 unspecified atom stereocenters. The van der Waals surface area contributed by atoms with Crippen LogP contribution in [0.15, 0.2) is 0 Å². The monoisotopic (exact) mass is 205 g/mol. The van der Waals surface area contributed by atoms with E-state index >= 15 is 0 Å². The number of nitriles is 1. The Morgan fingerprint density at radius 1 is 1.47 bits per heavy atom. The molecule has 0 radical (unpaired) electrons. The van der Waals surface area contributed by atoms with Crippen LogP contribution in [0.5, 0.6) is 0 Å². The summed E-state index contributed by atoms with van der Waals surface area (Å²) in [7, 11) is 0. The fourth-order valence-electron chi connectivity index (χ4n) is 4.46. The lowest BCUT2D eigenvalue weighted by molar-refractivity contribution is -0.148. The van der Waals surface area contributed by atoms with Crippen LogP contribution in [0.4, 0.5) is 0 Å². The number of rotatable bonds is 0. The molecule has 0 aromatic rings. The van der Waals surface area contributed by atoms with E-state index in [0.29, 0.717) is 11.8 Å². The Balaban J connectivity index is 2.24. The molecule has 2 bridgehead atoms. The van der Waals surface area contributed by atoms with Crippen LogP contribution in [0.2, 0.25) is 0 Å². The first kappa shape index (κ1) is 9.21. The van der Waals surface area contributed by atoms with Gasteiger partial charge in [0.15, 0.2) is 5.41 Å². The summed E-state index contributed by atoms with van der Waals surface area (Å²) in [6.45, 7) is 6.26. The Hall–Kier alpha value is -1.04. The van der Waals surface area contributed by atoms with E-state index < -0.39 is 5.41 Å². The quantitative estimate of drug-likeness (QED) is 0.566. The molecule has 2 saturated carbocycles. The van der Waals surface area contributed by atoms with Crippen molar-refractivity contribution >= 4 is 5.97 Å². The second-order valence-electron chi connectivity index (χ2n) is 5.82. The molecule has 0 spiro atoms. The lowest BCUT2D eigenvalue weighted by Gasteiger charge is -2.40. The summed E-state index contributed by atoms with van der Waals surface area (Å²) >= 11 is 0. The zero-order valence-electron chi connectivity index (χ0n) is 9.28. The summed E-state index contributed by atoms with van der Waals surface area (Å²) < 4.78 is 5.42. The Bertz CT molecular complexity index is 395. The van der Waals surface area contributed by atoms with Gasteiger partial charge in [-0.05, 0) is 23.7 Å². The van der Waals surface area contributed by atoms with Gasteiger partial charge in [0.05, 0.1) is 6.07 Å². The van der Waals surface area contributed by atoms with E-state index in [9.17, 15) is 10.1 Å². The molecule has 5 atom stereocenters. The highest BCUT2D eigenvalue weighted by molar-refractivity contribution is 5.85. The molecule has 3 rings (SSSR count). The van der Waals surface area contributed by atoms with E-state index in [2.05, 4.69) is 26.8 Å². The maximum atomic E-state index is 12.0. The highest BCUT2D eigenvalue weighted by Crippen LogP contribution is 2.71. The Morgan fingerprint density at radius 2 is 2.13 bits per heavy atom. The molecule has 1 heterocycles. The van der Waals surface area contributed by atoms with Crippen LogP contribution in [-0.2, 0) is 9.53 Å². The van der Waals surface area contributed by atoms with E-state index in [1.54, 1.807) is 0 Å². The lowest BCUT2D eigenvalue weighted by Crippen LogP contribution is -2.47. The number of esters is 1. The standard InChI is InChI=1S/C12H15NO2/c1-6-7-4-8-9(6)15-10(14)12(8,5-13)11(7,2)3/h6-9H,4H2,1-3H3. The minimum absolute atomic E-state index is 0.00942. The van der Waals surface area contributed by atoms with Gasteiger partial charge in [0.1, 0.15) is 6.10 Å².